The summed E-state index contributed by atoms with van der Waals surface area (Å²) in [5, 5.41) is 9.78. The van der Waals surface area contributed by atoms with Crippen molar-refractivity contribution < 1.29 is 14.3 Å². The van der Waals surface area contributed by atoms with Crippen LogP contribution in [0.4, 0.5) is 11.4 Å². The summed E-state index contributed by atoms with van der Waals surface area (Å²) in [6, 6.07) is 21.6. The number of rotatable bonds is 5. The predicted octanol–water partition coefficient (Wildman–Crippen LogP) is 4.34. The molecule has 0 fully saturated rings. The molecule has 1 atom stereocenters. The number of aryl methyl sites for hydroxylation is 1. The molecule has 3 aromatic carbocycles. The third kappa shape index (κ3) is 3.65. The lowest BCUT2D eigenvalue weighted by atomic mass is 9.95. The Morgan fingerprint density at radius 1 is 1.00 bits per heavy atom. The Morgan fingerprint density at radius 2 is 1.70 bits per heavy atom. The topological polar surface area (TPSA) is 66.4 Å². The molecular weight excluding hydrogens is 416 g/mol. The minimum atomic E-state index is -0.258. The monoisotopic (exact) mass is 442 g/mol. The number of hydrazone groups is 1. The van der Waals surface area contributed by atoms with E-state index in [1.165, 1.54) is 0 Å². The molecule has 0 saturated heterocycles. The first-order chi connectivity index (χ1) is 16.1. The molecule has 1 amide bonds. The van der Waals surface area contributed by atoms with Crippen LogP contribution in [0.1, 0.15) is 22.9 Å². The molecule has 0 aromatic heterocycles. The van der Waals surface area contributed by atoms with Crippen LogP contribution in [0.5, 0.6) is 11.5 Å². The van der Waals surface area contributed by atoms with Crippen molar-refractivity contribution in [3.05, 3.63) is 83.4 Å². The van der Waals surface area contributed by atoms with Crippen molar-refractivity contribution in [2.75, 3.05) is 31.1 Å². The van der Waals surface area contributed by atoms with Gasteiger partial charge in [0.15, 0.2) is 17.7 Å². The summed E-state index contributed by atoms with van der Waals surface area (Å²) in [5.41, 5.74) is 4.98. The van der Waals surface area contributed by atoms with Gasteiger partial charge in [-0.25, -0.2) is 5.01 Å². The van der Waals surface area contributed by atoms with Crippen LogP contribution >= 0.6 is 0 Å². The number of para-hydroxylation sites is 2. The molecule has 3 aromatic rings. The lowest BCUT2D eigenvalue weighted by Crippen LogP contribution is -2.44. The number of benzene rings is 3. The van der Waals surface area contributed by atoms with E-state index >= 15 is 0 Å². The van der Waals surface area contributed by atoms with Crippen molar-refractivity contribution in [2.45, 2.75) is 19.5 Å². The smallest absolute Gasteiger partial charge is 0.293 e. The number of hydrogen-bond acceptors (Lipinski definition) is 6. The summed E-state index contributed by atoms with van der Waals surface area (Å²) in [4.78, 5) is 15.4. The van der Waals surface area contributed by atoms with Crippen molar-refractivity contribution in [3.63, 3.8) is 0 Å². The Kier molecular flexibility index (Phi) is 5.38. The molecule has 7 nitrogen and oxygen atoms in total. The van der Waals surface area contributed by atoms with Gasteiger partial charge in [-0.3, -0.25) is 4.79 Å². The van der Waals surface area contributed by atoms with Gasteiger partial charge in [0.25, 0.3) is 5.91 Å². The average molecular weight is 443 g/mol. The second-order valence-electron chi connectivity index (χ2n) is 8.10. The summed E-state index contributed by atoms with van der Waals surface area (Å²) < 4.78 is 11.1. The predicted molar refractivity (Wildman–Crippen MR) is 129 cm³/mol. The minimum absolute atomic E-state index is 0.230. The highest BCUT2D eigenvalue weighted by atomic mass is 16.5. The molecule has 2 heterocycles. The number of amidine groups is 1. The first-order valence-corrected chi connectivity index (χ1v) is 10.9. The van der Waals surface area contributed by atoms with Gasteiger partial charge in [-0.15, -0.1) is 5.10 Å². The highest BCUT2D eigenvalue weighted by Gasteiger charge is 2.43. The second kappa shape index (κ2) is 8.50. The molecule has 5 rings (SSSR count). The zero-order valence-electron chi connectivity index (χ0n) is 18.9. The largest absolute Gasteiger partial charge is 0.493 e. The van der Waals surface area contributed by atoms with Crippen LogP contribution < -0.4 is 19.8 Å². The Bertz CT molecular complexity index is 1230. The van der Waals surface area contributed by atoms with Crippen LogP contribution in [-0.4, -0.2) is 37.4 Å². The number of anilines is 2. The van der Waals surface area contributed by atoms with Crippen molar-refractivity contribution in [1.82, 2.24) is 4.90 Å². The minimum Gasteiger partial charge on any atom is -0.493 e. The van der Waals surface area contributed by atoms with Crippen molar-refractivity contribution in [2.24, 2.45) is 5.10 Å². The summed E-state index contributed by atoms with van der Waals surface area (Å²) in [6.45, 7) is 2.71. The molecule has 168 valence electrons. The summed E-state index contributed by atoms with van der Waals surface area (Å²) in [7, 11) is 3.28. The third-order valence-electron chi connectivity index (χ3n) is 6.14. The van der Waals surface area contributed by atoms with Crippen LogP contribution in [0, 0.1) is 6.92 Å². The lowest BCUT2D eigenvalue weighted by Gasteiger charge is -2.37. The zero-order valence-corrected chi connectivity index (χ0v) is 18.9. The van der Waals surface area contributed by atoms with Gasteiger partial charge in [0.05, 0.1) is 19.9 Å². The van der Waals surface area contributed by atoms with Crippen LogP contribution in [-0.2, 0) is 11.2 Å². The molecule has 1 N–H and O–H groups in total. The van der Waals surface area contributed by atoms with Crippen molar-refractivity contribution in [3.8, 4) is 11.5 Å². The number of carbonyl (C=O) groups is 1. The SMILES string of the molecule is COc1cc2c(cc1OC)C1N(CC2)C(C(=O)Nc2ccccc2)=NN1c1ccccc1C. The number of methoxy groups -OCH3 is 2. The molecular formula is C26H26N4O3. The highest BCUT2D eigenvalue weighted by Crippen LogP contribution is 2.44. The molecule has 2 aliphatic rings. The fourth-order valence-corrected chi connectivity index (χ4v) is 4.51. The fraction of sp³-hybridized carbons (Fsp3) is 0.231. The van der Waals surface area contributed by atoms with E-state index in [0.29, 0.717) is 23.9 Å². The van der Waals surface area contributed by atoms with Gasteiger partial charge in [0, 0.05) is 17.8 Å². The molecule has 0 saturated carbocycles. The van der Waals surface area contributed by atoms with E-state index in [9.17, 15) is 4.79 Å². The number of nitrogens with one attached hydrogen (secondary N) is 1. The van der Waals surface area contributed by atoms with Gasteiger partial charge in [0.2, 0.25) is 5.84 Å². The maximum atomic E-state index is 13.3. The molecule has 7 heteroatoms. The molecule has 1 unspecified atom stereocenters. The van der Waals surface area contributed by atoms with Crippen LogP contribution in [0.2, 0.25) is 0 Å². The first kappa shape index (κ1) is 20.9. The van der Waals surface area contributed by atoms with Crippen LogP contribution in [0.25, 0.3) is 0 Å². The Morgan fingerprint density at radius 3 is 2.42 bits per heavy atom. The Hall–Kier alpha value is -4.00. The number of nitrogens with zero attached hydrogens (tertiary/aromatic N) is 3. The normalized spacial score (nSPS) is 16.6. The van der Waals surface area contributed by atoms with Gasteiger partial charge >= 0.3 is 0 Å². The van der Waals surface area contributed by atoms with E-state index < -0.39 is 0 Å². The van der Waals surface area contributed by atoms with Crippen LogP contribution in [0.3, 0.4) is 0 Å². The molecule has 0 radical (unpaired) electrons. The Balaban J connectivity index is 1.59. The van der Waals surface area contributed by atoms with Gasteiger partial charge in [-0.05, 0) is 54.8 Å². The molecule has 0 spiro atoms. The number of carbonyl (C=O) groups excluding carboxylic acids is 1. The maximum absolute atomic E-state index is 13.3. The lowest BCUT2D eigenvalue weighted by molar-refractivity contribution is -0.111. The number of hydrogen-bond donors (Lipinski definition) is 1. The summed E-state index contributed by atoms with van der Waals surface area (Å²) in [6.07, 6.45) is 0.511. The zero-order chi connectivity index (χ0) is 22.9. The molecule has 0 bridgehead atoms. The van der Waals surface area contributed by atoms with Gasteiger partial charge in [-0.2, -0.15) is 0 Å². The van der Waals surface area contributed by atoms with E-state index in [4.69, 9.17) is 14.6 Å². The van der Waals surface area contributed by atoms with Gasteiger partial charge < -0.3 is 19.7 Å². The Labute approximate surface area is 193 Å². The van der Waals surface area contributed by atoms with Crippen LogP contribution in [0.15, 0.2) is 71.8 Å². The number of ether oxygens (including phenoxy) is 2. The van der Waals surface area contributed by atoms with E-state index in [2.05, 4.69) is 23.2 Å². The molecule has 0 aliphatic carbocycles. The van der Waals surface area contributed by atoms with Crippen molar-refractivity contribution >= 4 is 23.1 Å². The van der Waals surface area contributed by atoms with E-state index in [0.717, 1.165) is 34.5 Å². The quantitative estimate of drug-likeness (QED) is 0.637. The van der Waals surface area contributed by atoms with Crippen molar-refractivity contribution in [1.29, 1.82) is 0 Å². The first-order valence-electron chi connectivity index (χ1n) is 10.9. The van der Waals surface area contributed by atoms with Gasteiger partial charge in [0.1, 0.15) is 0 Å². The number of fused-ring (bicyclic) bond motifs is 3. The standard InChI is InChI=1S/C26H26N4O3/c1-17-9-7-8-12-21(17)30-26-20-16-23(33-3)22(32-2)15-18(20)13-14-29(26)24(28-30)25(31)27-19-10-5-4-6-11-19/h4-12,15-16,26H,13-14H2,1-3H3,(H,27,31). The second-order valence-corrected chi connectivity index (χ2v) is 8.10. The molecule has 33 heavy (non-hydrogen) atoms. The summed E-state index contributed by atoms with van der Waals surface area (Å²) >= 11 is 0. The average Bonchev–Trinajstić information content (AvgIpc) is 3.24. The molecule has 2 aliphatic heterocycles. The third-order valence-corrected chi connectivity index (χ3v) is 6.14. The summed E-state index contributed by atoms with van der Waals surface area (Å²) in [5.74, 6) is 1.52. The van der Waals surface area contributed by atoms with E-state index in [1.807, 2.05) is 65.7 Å². The highest BCUT2D eigenvalue weighted by molar-refractivity contribution is 6.42. The fourth-order valence-electron chi connectivity index (χ4n) is 4.51. The maximum Gasteiger partial charge on any atom is 0.293 e. The number of amides is 1. The van der Waals surface area contributed by atoms with E-state index in [-0.39, 0.29) is 12.1 Å². The van der Waals surface area contributed by atoms with Gasteiger partial charge in [-0.1, -0.05) is 36.4 Å². The van der Waals surface area contributed by atoms with E-state index in [1.54, 1.807) is 14.2 Å².